The van der Waals surface area contributed by atoms with Gasteiger partial charge in [0.1, 0.15) is 5.54 Å². The SMILES string of the molecule is CN1C(=O)CC(c2cccc(Cl)c2)c2cc([C@@](N)(c3cc(Cl)cc(CCCP(C)(C)=O)c3)c3cncn3C)ccc21. The van der Waals surface area contributed by atoms with Crippen LogP contribution in [-0.4, -0.2) is 42.0 Å². The van der Waals surface area contributed by atoms with E-state index in [0.717, 1.165) is 52.0 Å². The molecule has 41 heavy (non-hydrogen) atoms. The normalized spacial score (nSPS) is 16.9. The molecule has 0 fully saturated rings. The molecule has 2 atom stereocenters. The number of halogens is 2. The molecular weight excluding hydrogens is 574 g/mol. The van der Waals surface area contributed by atoms with Crippen LogP contribution in [0.3, 0.4) is 0 Å². The zero-order valence-corrected chi connectivity index (χ0v) is 26.2. The van der Waals surface area contributed by atoms with Crippen molar-refractivity contribution >= 4 is 41.9 Å². The summed E-state index contributed by atoms with van der Waals surface area (Å²) in [6.07, 6.45) is 6.07. The van der Waals surface area contributed by atoms with Gasteiger partial charge in [0.25, 0.3) is 0 Å². The summed E-state index contributed by atoms with van der Waals surface area (Å²) < 4.78 is 14.2. The average molecular weight is 610 g/mol. The molecule has 0 saturated heterocycles. The third kappa shape index (κ3) is 6.03. The molecule has 2 N–H and O–H groups in total. The second-order valence-corrected chi connectivity index (χ2v) is 16.0. The Labute approximate surface area is 251 Å². The molecule has 9 heteroatoms. The van der Waals surface area contributed by atoms with Crippen LogP contribution < -0.4 is 10.6 Å². The molecule has 0 spiro atoms. The first-order valence-electron chi connectivity index (χ1n) is 13.6. The van der Waals surface area contributed by atoms with Crippen molar-refractivity contribution in [2.75, 3.05) is 31.4 Å². The number of benzene rings is 3. The Bertz CT molecular complexity index is 1660. The third-order valence-electron chi connectivity index (χ3n) is 8.02. The number of fused-ring (bicyclic) bond motifs is 1. The van der Waals surface area contributed by atoms with Crippen molar-refractivity contribution in [3.05, 3.63) is 117 Å². The lowest BCUT2D eigenvalue weighted by Crippen LogP contribution is -2.41. The van der Waals surface area contributed by atoms with E-state index in [2.05, 4.69) is 17.1 Å². The highest BCUT2D eigenvalue weighted by atomic mass is 35.5. The van der Waals surface area contributed by atoms with Crippen LogP contribution in [0.2, 0.25) is 10.0 Å². The third-order valence-corrected chi connectivity index (χ3v) is 9.87. The van der Waals surface area contributed by atoms with E-state index in [1.807, 2.05) is 73.5 Å². The topological polar surface area (TPSA) is 81.2 Å². The smallest absolute Gasteiger partial charge is 0.227 e. The van der Waals surface area contributed by atoms with Crippen molar-refractivity contribution in [3.8, 4) is 0 Å². The number of aryl methyl sites for hydroxylation is 2. The number of nitrogens with zero attached hydrogens (tertiary/aromatic N) is 3. The molecule has 214 valence electrons. The van der Waals surface area contributed by atoms with Gasteiger partial charge in [-0.3, -0.25) is 4.79 Å². The first-order chi connectivity index (χ1) is 19.4. The van der Waals surface area contributed by atoms with Crippen molar-refractivity contribution in [1.29, 1.82) is 0 Å². The molecular formula is C32H35Cl2N4O2P. The van der Waals surface area contributed by atoms with E-state index in [1.54, 1.807) is 24.5 Å². The summed E-state index contributed by atoms with van der Waals surface area (Å²) in [5.74, 6) is -0.124. The molecule has 1 aromatic heterocycles. The molecule has 1 unspecified atom stereocenters. The number of hydrogen-bond acceptors (Lipinski definition) is 4. The lowest BCUT2D eigenvalue weighted by Gasteiger charge is -2.36. The standard InChI is InChI=1S/C32H35Cl2N4O2P/c1-37-20-36-19-30(37)32(35,24-13-21(14-26(34)16-24)7-6-12-41(3,4)40)23-10-11-29-28(17-23)27(18-31(39)38(29)2)22-8-5-9-25(33)15-22/h5,8-11,13-17,19-20,27H,6-7,12,18,35H2,1-4H3/t27?,32-/m1/s1. The Hall–Kier alpha value is -2.89. The first kappa shape index (κ1) is 29.6. The molecule has 0 aliphatic carbocycles. The second kappa shape index (κ2) is 11.4. The lowest BCUT2D eigenvalue weighted by molar-refractivity contribution is -0.118. The number of amides is 1. The molecule has 4 aromatic rings. The summed E-state index contributed by atoms with van der Waals surface area (Å²) in [5.41, 5.74) is 12.8. The van der Waals surface area contributed by atoms with E-state index >= 15 is 0 Å². The van der Waals surface area contributed by atoms with E-state index in [9.17, 15) is 9.36 Å². The van der Waals surface area contributed by atoms with Crippen LogP contribution >= 0.6 is 30.3 Å². The highest BCUT2D eigenvalue weighted by Gasteiger charge is 2.38. The number of anilines is 1. The maximum absolute atomic E-state index is 13.0. The second-order valence-electron chi connectivity index (χ2n) is 11.5. The zero-order valence-electron chi connectivity index (χ0n) is 23.8. The van der Waals surface area contributed by atoms with Crippen LogP contribution in [-0.2, 0) is 28.4 Å². The Morgan fingerprint density at radius 3 is 2.49 bits per heavy atom. The Balaban J connectivity index is 1.67. The van der Waals surface area contributed by atoms with Crippen LogP contribution in [0.1, 0.15) is 52.3 Å². The van der Waals surface area contributed by atoms with E-state index in [-0.39, 0.29) is 11.8 Å². The van der Waals surface area contributed by atoms with Crippen molar-refractivity contribution in [1.82, 2.24) is 9.55 Å². The Morgan fingerprint density at radius 2 is 1.80 bits per heavy atom. The molecule has 3 aromatic carbocycles. The minimum Gasteiger partial charge on any atom is -0.336 e. The van der Waals surface area contributed by atoms with Crippen molar-refractivity contribution in [2.45, 2.75) is 30.7 Å². The molecule has 0 radical (unpaired) electrons. The summed E-state index contributed by atoms with van der Waals surface area (Å²) >= 11 is 13.1. The predicted molar refractivity (Wildman–Crippen MR) is 169 cm³/mol. The van der Waals surface area contributed by atoms with Crippen LogP contribution in [0.5, 0.6) is 0 Å². The largest absolute Gasteiger partial charge is 0.336 e. The molecule has 1 amide bonds. The average Bonchev–Trinajstić information content (AvgIpc) is 3.35. The number of carbonyl (C=O) groups is 1. The lowest BCUT2D eigenvalue weighted by atomic mass is 9.76. The van der Waals surface area contributed by atoms with Gasteiger partial charge < -0.3 is 19.8 Å². The van der Waals surface area contributed by atoms with Gasteiger partial charge in [-0.05, 0) is 84.3 Å². The van der Waals surface area contributed by atoms with Crippen LogP contribution in [0.4, 0.5) is 5.69 Å². The molecule has 2 heterocycles. The van der Waals surface area contributed by atoms with Crippen molar-refractivity contribution in [3.63, 3.8) is 0 Å². The molecule has 0 bridgehead atoms. The van der Waals surface area contributed by atoms with Gasteiger partial charge in [0.15, 0.2) is 0 Å². The first-order valence-corrected chi connectivity index (χ1v) is 17.2. The van der Waals surface area contributed by atoms with Crippen molar-refractivity contribution < 1.29 is 9.36 Å². The fraction of sp³-hybridized carbons (Fsp3) is 0.312. The molecule has 1 aliphatic rings. The van der Waals surface area contributed by atoms with Gasteiger partial charge in [-0.15, -0.1) is 0 Å². The van der Waals surface area contributed by atoms with E-state index in [1.165, 1.54) is 0 Å². The van der Waals surface area contributed by atoms with Gasteiger partial charge in [0, 0.05) is 48.3 Å². The van der Waals surface area contributed by atoms with Gasteiger partial charge in [-0.2, -0.15) is 0 Å². The van der Waals surface area contributed by atoms with E-state index in [4.69, 9.17) is 28.9 Å². The number of imidazole rings is 1. The summed E-state index contributed by atoms with van der Waals surface area (Å²) in [5, 5.41) is 1.22. The highest BCUT2D eigenvalue weighted by molar-refractivity contribution is 7.62. The maximum Gasteiger partial charge on any atom is 0.227 e. The number of rotatable bonds is 8. The molecule has 1 aliphatic heterocycles. The minimum atomic E-state index is -2.11. The van der Waals surface area contributed by atoms with Gasteiger partial charge >= 0.3 is 0 Å². The van der Waals surface area contributed by atoms with Crippen molar-refractivity contribution in [2.24, 2.45) is 12.8 Å². The fourth-order valence-corrected chi connectivity index (χ4v) is 7.22. The fourth-order valence-electron chi connectivity index (χ4n) is 5.85. The summed E-state index contributed by atoms with van der Waals surface area (Å²) in [6, 6.07) is 19.7. The Kier molecular flexibility index (Phi) is 8.24. The Morgan fingerprint density at radius 1 is 1.02 bits per heavy atom. The number of aromatic nitrogens is 2. The molecule has 6 nitrogen and oxygen atoms in total. The quantitative estimate of drug-likeness (QED) is 0.218. The number of hydrogen-bond donors (Lipinski definition) is 1. The maximum atomic E-state index is 13.0. The van der Waals surface area contributed by atoms with Crippen LogP contribution in [0.15, 0.2) is 73.2 Å². The van der Waals surface area contributed by atoms with E-state index in [0.29, 0.717) is 22.6 Å². The predicted octanol–water partition coefficient (Wildman–Crippen LogP) is 7.03. The van der Waals surface area contributed by atoms with Gasteiger partial charge in [-0.1, -0.05) is 53.5 Å². The van der Waals surface area contributed by atoms with Gasteiger partial charge in [0.05, 0.1) is 25.4 Å². The highest BCUT2D eigenvalue weighted by Crippen LogP contribution is 2.44. The van der Waals surface area contributed by atoms with Crippen LogP contribution in [0.25, 0.3) is 0 Å². The number of carbonyl (C=O) groups excluding carboxylic acids is 1. The molecule has 5 rings (SSSR count). The summed E-state index contributed by atoms with van der Waals surface area (Å²) in [4.78, 5) is 19.1. The number of nitrogens with two attached hydrogens (primary N) is 1. The monoisotopic (exact) mass is 608 g/mol. The van der Waals surface area contributed by atoms with Gasteiger partial charge in [-0.25, -0.2) is 4.98 Å². The summed E-state index contributed by atoms with van der Waals surface area (Å²) in [7, 11) is 1.62. The summed E-state index contributed by atoms with van der Waals surface area (Å²) in [6.45, 7) is 3.64. The molecule has 0 saturated carbocycles. The van der Waals surface area contributed by atoms with E-state index < -0.39 is 12.7 Å². The minimum absolute atomic E-state index is 0.0454. The zero-order chi connectivity index (χ0) is 29.5. The van der Waals surface area contributed by atoms with Crippen LogP contribution in [0, 0.1) is 0 Å². The van der Waals surface area contributed by atoms with Gasteiger partial charge in [0.2, 0.25) is 5.91 Å².